The largest absolute Gasteiger partial charge is 0.329 e. The maximum Gasteiger partial charge on any atom is 0.329 e. The minimum Gasteiger partial charge on any atom is -0.300 e. The maximum absolute atomic E-state index is 12.7. The zero-order valence-corrected chi connectivity index (χ0v) is 15.2. The molecule has 8 heteroatoms. The summed E-state index contributed by atoms with van der Waals surface area (Å²) in [6, 6.07) is 7.68. The van der Waals surface area contributed by atoms with E-state index < -0.39 is 0 Å². The molecule has 1 aromatic carbocycles. The Morgan fingerprint density at radius 2 is 1.80 bits per heavy atom. The number of aromatic nitrogens is 4. The van der Waals surface area contributed by atoms with Crippen LogP contribution < -0.4 is 11.0 Å². The molecule has 2 aromatic heterocycles. The molecule has 3 aromatic rings. The molecular weight excluding hydrogens is 338 g/mol. The molecule has 0 bridgehead atoms. The monoisotopic (exact) mass is 359 g/mol. The third kappa shape index (κ3) is 3.63. The van der Waals surface area contributed by atoms with E-state index >= 15 is 0 Å². The fourth-order valence-electron chi connectivity index (χ4n) is 2.77. The Bertz CT molecular complexity index is 940. The van der Waals surface area contributed by atoms with Gasteiger partial charge in [0, 0.05) is 19.5 Å². The molecule has 0 unspecified atom stereocenters. The number of imidazole rings is 1. The second-order valence-corrected chi connectivity index (χ2v) is 6.79. The van der Waals surface area contributed by atoms with Crippen molar-refractivity contribution >= 4 is 33.4 Å². The third-order valence-corrected chi connectivity index (χ3v) is 4.93. The van der Waals surface area contributed by atoms with E-state index in [-0.39, 0.29) is 18.0 Å². The predicted molar refractivity (Wildman–Crippen MR) is 99.0 cm³/mol. The number of anilines is 1. The number of carbonyl (C=O) groups is 1. The van der Waals surface area contributed by atoms with Gasteiger partial charge in [0.2, 0.25) is 11.0 Å². The fourth-order valence-corrected chi connectivity index (χ4v) is 3.47. The number of nitrogens with one attached hydrogen (secondary N) is 1. The quantitative estimate of drug-likeness (QED) is 0.703. The van der Waals surface area contributed by atoms with Gasteiger partial charge in [0.1, 0.15) is 5.01 Å². The van der Waals surface area contributed by atoms with Crippen LogP contribution in [0.15, 0.2) is 29.1 Å². The first-order valence-corrected chi connectivity index (χ1v) is 9.26. The molecule has 0 saturated carbocycles. The number of fused-ring (bicyclic) bond motifs is 1. The van der Waals surface area contributed by atoms with E-state index in [1.165, 1.54) is 11.3 Å². The number of hydrogen-bond acceptors (Lipinski definition) is 5. The minimum absolute atomic E-state index is 0.0694. The molecule has 0 atom stereocenters. The Morgan fingerprint density at radius 3 is 2.40 bits per heavy atom. The summed E-state index contributed by atoms with van der Waals surface area (Å²) in [5.74, 6) is -0.168. The van der Waals surface area contributed by atoms with Gasteiger partial charge in [-0.2, -0.15) is 0 Å². The van der Waals surface area contributed by atoms with Gasteiger partial charge in [-0.15, -0.1) is 10.2 Å². The summed E-state index contributed by atoms with van der Waals surface area (Å²) in [6.07, 6.45) is 1.88. The van der Waals surface area contributed by atoms with E-state index in [9.17, 15) is 9.59 Å². The molecule has 7 nitrogen and oxygen atoms in total. The summed E-state index contributed by atoms with van der Waals surface area (Å²) >= 11 is 1.37. The van der Waals surface area contributed by atoms with E-state index in [0.29, 0.717) is 18.2 Å². The SMILES string of the molecule is CCCn1c(=O)n(CCC(=O)Nc2nnc(CC)s2)c2ccccc21. The predicted octanol–water partition coefficient (Wildman–Crippen LogP) is 2.66. The summed E-state index contributed by atoms with van der Waals surface area (Å²) in [4.78, 5) is 24.8. The van der Waals surface area contributed by atoms with Crippen molar-refractivity contribution in [3.8, 4) is 0 Å². The number of hydrogen-bond donors (Lipinski definition) is 1. The second-order valence-electron chi connectivity index (χ2n) is 5.73. The Kier molecular flexibility index (Phi) is 5.28. The topological polar surface area (TPSA) is 81.8 Å². The molecule has 0 saturated heterocycles. The van der Waals surface area contributed by atoms with Crippen molar-refractivity contribution < 1.29 is 4.79 Å². The van der Waals surface area contributed by atoms with E-state index in [1.54, 1.807) is 9.13 Å². The van der Waals surface area contributed by atoms with Crippen molar-refractivity contribution in [2.45, 2.75) is 46.2 Å². The Hall–Kier alpha value is -2.48. The van der Waals surface area contributed by atoms with Crippen molar-refractivity contribution in [3.05, 3.63) is 39.8 Å². The van der Waals surface area contributed by atoms with Crippen molar-refractivity contribution in [2.24, 2.45) is 0 Å². The van der Waals surface area contributed by atoms with E-state index in [4.69, 9.17) is 0 Å². The fraction of sp³-hybridized carbons (Fsp3) is 0.412. The normalized spacial score (nSPS) is 11.1. The van der Waals surface area contributed by atoms with Gasteiger partial charge in [-0.1, -0.05) is 37.3 Å². The molecule has 0 fully saturated rings. The van der Waals surface area contributed by atoms with Crippen molar-refractivity contribution in [1.29, 1.82) is 0 Å². The second kappa shape index (κ2) is 7.60. The van der Waals surface area contributed by atoms with Gasteiger partial charge >= 0.3 is 5.69 Å². The lowest BCUT2D eigenvalue weighted by Gasteiger charge is -2.03. The van der Waals surface area contributed by atoms with Gasteiger partial charge in [0.15, 0.2) is 0 Å². The zero-order chi connectivity index (χ0) is 17.8. The van der Waals surface area contributed by atoms with Crippen molar-refractivity contribution in [3.63, 3.8) is 0 Å². The van der Waals surface area contributed by atoms with E-state index in [0.717, 1.165) is 28.9 Å². The molecule has 0 aliphatic heterocycles. The van der Waals surface area contributed by atoms with Gasteiger partial charge in [-0.05, 0) is 25.0 Å². The van der Waals surface area contributed by atoms with E-state index in [2.05, 4.69) is 15.5 Å². The van der Waals surface area contributed by atoms with Gasteiger partial charge in [-0.25, -0.2) is 4.79 Å². The highest BCUT2D eigenvalue weighted by Crippen LogP contribution is 2.16. The molecule has 0 radical (unpaired) electrons. The number of amides is 1. The van der Waals surface area contributed by atoms with Crippen LogP contribution in [0, 0.1) is 0 Å². The molecule has 2 heterocycles. The number of aryl methyl sites for hydroxylation is 3. The van der Waals surface area contributed by atoms with Gasteiger partial charge in [0.25, 0.3) is 0 Å². The molecule has 0 aliphatic carbocycles. The molecule has 132 valence electrons. The van der Waals surface area contributed by atoms with Crippen LogP contribution >= 0.6 is 11.3 Å². The van der Waals surface area contributed by atoms with Crippen LogP contribution in [0.2, 0.25) is 0 Å². The Balaban J connectivity index is 1.75. The highest BCUT2D eigenvalue weighted by atomic mass is 32.1. The van der Waals surface area contributed by atoms with Crippen LogP contribution in [-0.4, -0.2) is 25.2 Å². The lowest BCUT2D eigenvalue weighted by molar-refractivity contribution is -0.116. The van der Waals surface area contributed by atoms with Crippen molar-refractivity contribution in [2.75, 3.05) is 5.32 Å². The number of para-hydroxylation sites is 2. The maximum atomic E-state index is 12.7. The smallest absolute Gasteiger partial charge is 0.300 e. The number of carbonyl (C=O) groups excluding carboxylic acids is 1. The first-order chi connectivity index (χ1) is 12.1. The van der Waals surface area contributed by atoms with Gasteiger partial charge < -0.3 is 5.32 Å². The summed E-state index contributed by atoms with van der Waals surface area (Å²) in [5.41, 5.74) is 1.70. The number of nitrogens with zero attached hydrogens (tertiary/aromatic N) is 4. The first kappa shape index (κ1) is 17.3. The third-order valence-electron chi connectivity index (χ3n) is 3.95. The Morgan fingerprint density at radius 1 is 1.12 bits per heavy atom. The minimum atomic E-state index is -0.168. The van der Waals surface area contributed by atoms with Gasteiger partial charge in [0.05, 0.1) is 11.0 Å². The van der Waals surface area contributed by atoms with Crippen LogP contribution in [0.5, 0.6) is 0 Å². The average Bonchev–Trinajstić information content (AvgIpc) is 3.17. The van der Waals surface area contributed by atoms with Crippen LogP contribution in [0.25, 0.3) is 11.0 Å². The van der Waals surface area contributed by atoms with Crippen LogP contribution in [0.3, 0.4) is 0 Å². The first-order valence-electron chi connectivity index (χ1n) is 8.44. The molecule has 3 rings (SSSR count). The Labute approximate surface area is 149 Å². The zero-order valence-electron chi connectivity index (χ0n) is 14.4. The van der Waals surface area contributed by atoms with Crippen molar-refractivity contribution in [1.82, 2.24) is 19.3 Å². The van der Waals surface area contributed by atoms with Crippen LogP contribution in [-0.2, 0) is 24.3 Å². The molecule has 25 heavy (non-hydrogen) atoms. The standard InChI is InChI=1S/C17H21N5O2S/c1-3-10-21-12-7-5-6-8-13(12)22(17(21)24)11-9-14(23)18-16-20-19-15(4-2)25-16/h5-8H,3-4,9-11H2,1-2H3,(H,18,20,23). The summed E-state index contributed by atoms with van der Waals surface area (Å²) in [7, 11) is 0. The van der Waals surface area contributed by atoms with Crippen LogP contribution in [0.1, 0.15) is 31.7 Å². The highest BCUT2D eigenvalue weighted by Gasteiger charge is 2.14. The molecule has 1 amide bonds. The number of rotatable bonds is 7. The highest BCUT2D eigenvalue weighted by molar-refractivity contribution is 7.15. The average molecular weight is 359 g/mol. The summed E-state index contributed by atoms with van der Waals surface area (Å²) in [6.45, 7) is 5.04. The summed E-state index contributed by atoms with van der Waals surface area (Å²) in [5, 5.41) is 12.1. The molecule has 0 spiro atoms. The van der Waals surface area contributed by atoms with Crippen LogP contribution in [0.4, 0.5) is 5.13 Å². The van der Waals surface area contributed by atoms with E-state index in [1.807, 2.05) is 38.1 Å². The molecule has 0 aliphatic rings. The van der Waals surface area contributed by atoms with Gasteiger partial charge in [-0.3, -0.25) is 13.9 Å². The number of benzene rings is 1. The summed E-state index contributed by atoms with van der Waals surface area (Å²) < 4.78 is 3.44. The lowest BCUT2D eigenvalue weighted by atomic mass is 10.3. The molecular formula is C17H21N5O2S. The lowest BCUT2D eigenvalue weighted by Crippen LogP contribution is -2.26. The molecule has 1 N–H and O–H groups in total.